The molecular weight excluding hydrogens is 476 g/mol. The van der Waals surface area contributed by atoms with Gasteiger partial charge in [0, 0.05) is 24.8 Å². The molecule has 0 bridgehead atoms. The quantitative estimate of drug-likeness (QED) is 0.319. The van der Waals surface area contributed by atoms with E-state index < -0.39 is 0 Å². The molecular formula is C29H28N8O. The van der Waals surface area contributed by atoms with Crippen molar-refractivity contribution in [3.63, 3.8) is 0 Å². The fourth-order valence-corrected chi connectivity index (χ4v) is 5.13. The van der Waals surface area contributed by atoms with Gasteiger partial charge in [-0.2, -0.15) is 5.10 Å². The molecule has 1 aliphatic rings. The average molecular weight is 505 g/mol. The lowest BCUT2D eigenvalue weighted by Crippen LogP contribution is -2.25. The van der Waals surface area contributed by atoms with Crippen LogP contribution in [0.25, 0.3) is 39.2 Å². The van der Waals surface area contributed by atoms with Crippen LogP contribution in [0.3, 0.4) is 0 Å². The standard InChI is InChI=1S/C29H28N8O/c1-3-4-10-26-30-23-13-11-20(22-14-16-27(38)32-31-22)17-25(23)37(26)24-15-12-21(19-8-6-5-7-9-19)28(18(24)2)29-33-35-36-34-29/h5-9,11-13,15,17H,3-4,10,14,16H2,1-2H3,(H,32,38)(H,33,34,35,36). The number of hydrazone groups is 1. The summed E-state index contributed by atoms with van der Waals surface area (Å²) in [6.45, 7) is 4.30. The molecule has 2 aromatic heterocycles. The molecule has 0 saturated heterocycles. The van der Waals surface area contributed by atoms with E-state index in [1.165, 1.54) is 0 Å². The number of aryl methyl sites for hydroxylation is 1. The molecule has 3 aromatic carbocycles. The molecule has 0 aliphatic carbocycles. The molecule has 0 saturated carbocycles. The summed E-state index contributed by atoms with van der Waals surface area (Å²) in [5.74, 6) is 1.58. The number of aromatic nitrogens is 6. The largest absolute Gasteiger partial charge is 0.296 e. The summed E-state index contributed by atoms with van der Waals surface area (Å²) in [6.07, 6.45) is 4.02. The smallest absolute Gasteiger partial charge is 0.240 e. The third-order valence-corrected chi connectivity index (χ3v) is 7.06. The summed E-state index contributed by atoms with van der Waals surface area (Å²) < 4.78 is 2.26. The Hall–Kier alpha value is -4.66. The molecule has 0 fully saturated rings. The van der Waals surface area contributed by atoms with E-state index in [-0.39, 0.29) is 5.91 Å². The van der Waals surface area contributed by atoms with Crippen molar-refractivity contribution < 1.29 is 4.79 Å². The number of nitrogens with one attached hydrogen (secondary N) is 2. The number of imidazole rings is 1. The first kappa shape index (κ1) is 23.7. The number of H-pyrrole nitrogens is 1. The minimum absolute atomic E-state index is 0.0507. The first-order valence-electron chi connectivity index (χ1n) is 12.9. The predicted molar refractivity (Wildman–Crippen MR) is 147 cm³/mol. The SMILES string of the molecule is CCCCc1nc2ccc(C3=NNC(=O)CC3)cc2n1-c1ccc(-c2ccccc2)c(-c2nnn[nH]2)c1C. The number of amides is 1. The zero-order valence-corrected chi connectivity index (χ0v) is 21.4. The Morgan fingerprint density at radius 3 is 2.61 bits per heavy atom. The van der Waals surface area contributed by atoms with Crippen LogP contribution in [-0.4, -0.2) is 41.8 Å². The Morgan fingerprint density at radius 2 is 1.87 bits per heavy atom. The van der Waals surface area contributed by atoms with Crippen molar-refractivity contribution in [1.82, 2.24) is 35.6 Å². The Kier molecular flexibility index (Phi) is 6.25. The molecule has 1 amide bonds. The van der Waals surface area contributed by atoms with E-state index in [0.29, 0.717) is 18.7 Å². The Balaban J connectivity index is 1.58. The normalized spacial score (nSPS) is 13.5. The second-order valence-corrected chi connectivity index (χ2v) is 9.51. The molecule has 3 heterocycles. The van der Waals surface area contributed by atoms with Gasteiger partial charge in [-0.05, 0) is 64.2 Å². The highest BCUT2D eigenvalue weighted by atomic mass is 16.2. The molecule has 0 radical (unpaired) electrons. The number of carbonyl (C=O) groups is 1. The third-order valence-electron chi connectivity index (χ3n) is 7.06. The number of unbranched alkanes of at least 4 members (excludes halogenated alkanes) is 1. The number of aromatic amines is 1. The van der Waals surface area contributed by atoms with E-state index >= 15 is 0 Å². The minimum atomic E-state index is -0.0507. The highest BCUT2D eigenvalue weighted by Crippen LogP contribution is 2.37. The number of benzene rings is 3. The van der Waals surface area contributed by atoms with Gasteiger partial charge in [0.05, 0.1) is 22.4 Å². The van der Waals surface area contributed by atoms with Gasteiger partial charge in [0.25, 0.3) is 0 Å². The monoisotopic (exact) mass is 504 g/mol. The van der Waals surface area contributed by atoms with E-state index in [1.54, 1.807) is 0 Å². The topological polar surface area (TPSA) is 114 Å². The minimum Gasteiger partial charge on any atom is -0.296 e. The lowest BCUT2D eigenvalue weighted by atomic mass is 9.94. The van der Waals surface area contributed by atoms with E-state index in [9.17, 15) is 4.79 Å². The van der Waals surface area contributed by atoms with Crippen LogP contribution in [0, 0.1) is 6.92 Å². The van der Waals surface area contributed by atoms with Gasteiger partial charge >= 0.3 is 0 Å². The van der Waals surface area contributed by atoms with Crippen LogP contribution in [0.5, 0.6) is 0 Å². The van der Waals surface area contributed by atoms with Gasteiger partial charge in [-0.25, -0.2) is 15.5 Å². The van der Waals surface area contributed by atoms with Crippen LogP contribution >= 0.6 is 0 Å². The molecule has 6 rings (SSSR count). The first-order chi connectivity index (χ1) is 18.6. The van der Waals surface area contributed by atoms with Crippen LogP contribution in [0.4, 0.5) is 0 Å². The molecule has 5 aromatic rings. The van der Waals surface area contributed by atoms with Crippen LogP contribution < -0.4 is 5.43 Å². The lowest BCUT2D eigenvalue weighted by molar-refractivity contribution is -0.121. The van der Waals surface area contributed by atoms with Crippen molar-refractivity contribution >= 4 is 22.7 Å². The van der Waals surface area contributed by atoms with Crippen molar-refractivity contribution in [3.8, 4) is 28.2 Å². The van der Waals surface area contributed by atoms with Crippen molar-refractivity contribution in [2.75, 3.05) is 0 Å². The molecule has 0 atom stereocenters. The fourth-order valence-electron chi connectivity index (χ4n) is 5.13. The van der Waals surface area contributed by atoms with Gasteiger partial charge in [0.2, 0.25) is 5.91 Å². The summed E-state index contributed by atoms with van der Waals surface area (Å²) in [4.78, 5) is 16.7. The summed E-state index contributed by atoms with van der Waals surface area (Å²) in [5.41, 5.74) is 11.6. The molecule has 1 aliphatic heterocycles. The number of rotatable bonds is 7. The third kappa shape index (κ3) is 4.26. The zero-order valence-electron chi connectivity index (χ0n) is 21.4. The van der Waals surface area contributed by atoms with E-state index in [1.807, 2.05) is 30.3 Å². The van der Waals surface area contributed by atoms with Crippen molar-refractivity contribution in [1.29, 1.82) is 0 Å². The molecule has 2 N–H and O–H groups in total. The number of nitrogens with zero attached hydrogens (tertiary/aromatic N) is 6. The summed E-state index contributed by atoms with van der Waals surface area (Å²) in [7, 11) is 0. The Bertz CT molecular complexity index is 1650. The van der Waals surface area contributed by atoms with Crippen LogP contribution in [0.2, 0.25) is 0 Å². The number of hydrogen-bond donors (Lipinski definition) is 2. The number of hydrogen-bond acceptors (Lipinski definition) is 6. The van der Waals surface area contributed by atoms with E-state index in [0.717, 1.165) is 75.3 Å². The number of carbonyl (C=O) groups excluding carboxylic acids is 1. The average Bonchev–Trinajstić information content (AvgIpc) is 3.60. The lowest BCUT2D eigenvalue weighted by Gasteiger charge is -2.18. The predicted octanol–water partition coefficient (Wildman–Crippen LogP) is 5.14. The van der Waals surface area contributed by atoms with Crippen molar-refractivity contribution in [2.45, 2.75) is 46.0 Å². The Labute approximate surface area is 220 Å². The number of tetrazole rings is 1. The Morgan fingerprint density at radius 1 is 1.00 bits per heavy atom. The molecule has 190 valence electrons. The second-order valence-electron chi connectivity index (χ2n) is 9.51. The molecule has 9 nitrogen and oxygen atoms in total. The van der Waals surface area contributed by atoms with Gasteiger partial charge in [-0.15, -0.1) is 5.10 Å². The summed E-state index contributed by atoms with van der Waals surface area (Å²) >= 11 is 0. The second kappa shape index (κ2) is 10.0. The maximum atomic E-state index is 11.6. The van der Waals surface area contributed by atoms with Gasteiger partial charge < -0.3 is 0 Å². The van der Waals surface area contributed by atoms with Gasteiger partial charge in [-0.1, -0.05) is 55.8 Å². The van der Waals surface area contributed by atoms with E-state index in [2.05, 4.69) is 79.9 Å². The maximum Gasteiger partial charge on any atom is 0.240 e. The molecule has 38 heavy (non-hydrogen) atoms. The first-order valence-corrected chi connectivity index (χ1v) is 12.9. The zero-order chi connectivity index (χ0) is 26.1. The van der Waals surface area contributed by atoms with Crippen LogP contribution in [0.15, 0.2) is 65.8 Å². The van der Waals surface area contributed by atoms with E-state index in [4.69, 9.17) is 4.98 Å². The fraction of sp³-hybridized carbons (Fsp3) is 0.241. The van der Waals surface area contributed by atoms with Crippen molar-refractivity contribution in [3.05, 3.63) is 77.6 Å². The molecule has 9 heteroatoms. The van der Waals surface area contributed by atoms with Crippen LogP contribution in [-0.2, 0) is 11.2 Å². The summed E-state index contributed by atoms with van der Waals surface area (Å²) in [6, 6.07) is 20.8. The molecule has 0 spiro atoms. The number of fused-ring (bicyclic) bond motifs is 1. The highest BCUT2D eigenvalue weighted by molar-refractivity contribution is 6.06. The van der Waals surface area contributed by atoms with Crippen LogP contribution in [0.1, 0.15) is 49.6 Å². The van der Waals surface area contributed by atoms with Gasteiger partial charge in [-0.3, -0.25) is 9.36 Å². The summed E-state index contributed by atoms with van der Waals surface area (Å²) in [5, 5.41) is 19.3. The maximum absolute atomic E-state index is 11.6. The molecule has 0 unspecified atom stereocenters. The van der Waals surface area contributed by atoms with Crippen molar-refractivity contribution in [2.24, 2.45) is 5.10 Å². The van der Waals surface area contributed by atoms with Gasteiger partial charge in [0.15, 0.2) is 5.82 Å². The van der Waals surface area contributed by atoms with Gasteiger partial charge in [0.1, 0.15) is 5.82 Å². The highest BCUT2D eigenvalue weighted by Gasteiger charge is 2.22.